The number of carbonyl (C=O) groups excluding carboxylic acids is 1. The van der Waals surface area contributed by atoms with E-state index < -0.39 is 0 Å². The van der Waals surface area contributed by atoms with E-state index in [1.807, 2.05) is 36.4 Å². The van der Waals surface area contributed by atoms with Crippen molar-refractivity contribution in [3.05, 3.63) is 94.1 Å². The number of hydrogen-bond donors (Lipinski definition) is 1. The van der Waals surface area contributed by atoms with Crippen LogP contribution in [0.3, 0.4) is 0 Å². The van der Waals surface area contributed by atoms with Gasteiger partial charge in [-0.05, 0) is 60.7 Å². The van der Waals surface area contributed by atoms with Gasteiger partial charge in [0.15, 0.2) is 5.76 Å². The summed E-state index contributed by atoms with van der Waals surface area (Å²) in [5, 5.41) is 7.65. The number of hydrogen-bond acceptors (Lipinski definition) is 4. The van der Waals surface area contributed by atoms with E-state index in [1.54, 1.807) is 41.3 Å². The Labute approximate surface area is 180 Å². The fourth-order valence-electron chi connectivity index (χ4n) is 2.58. The summed E-state index contributed by atoms with van der Waals surface area (Å²) < 4.78 is 13.8. The van der Waals surface area contributed by atoms with Crippen LogP contribution in [0.15, 0.2) is 81.9 Å². The fraction of sp³-hybridized carbons (Fsp3) is 0.0476. The van der Waals surface area contributed by atoms with Gasteiger partial charge < -0.3 is 14.5 Å². The van der Waals surface area contributed by atoms with Crippen molar-refractivity contribution in [1.82, 2.24) is 9.78 Å². The quantitative estimate of drug-likeness (QED) is 0.390. The van der Waals surface area contributed by atoms with Gasteiger partial charge in [0.25, 0.3) is 5.91 Å². The number of anilines is 1. The number of ether oxygens (including phenoxy) is 1. The van der Waals surface area contributed by atoms with Crippen molar-refractivity contribution in [1.29, 1.82) is 0 Å². The van der Waals surface area contributed by atoms with E-state index in [-0.39, 0.29) is 18.3 Å². The van der Waals surface area contributed by atoms with E-state index in [4.69, 9.17) is 20.8 Å². The number of nitrogens with zero attached hydrogens (tertiary/aromatic N) is 2. The molecule has 0 aliphatic rings. The summed E-state index contributed by atoms with van der Waals surface area (Å²) in [6, 6.07) is 18.0. The van der Waals surface area contributed by atoms with Crippen LogP contribution in [0.25, 0.3) is 5.69 Å². The number of halogens is 2. The van der Waals surface area contributed by atoms with Crippen molar-refractivity contribution >= 4 is 39.1 Å². The van der Waals surface area contributed by atoms with Gasteiger partial charge in [0, 0.05) is 9.50 Å². The van der Waals surface area contributed by atoms with E-state index >= 15 is 0 Å². The van der Waals surface area contributed by atoms with Crippen LogP contribution in [0.5, 0.6) is 5.75 Å². The van der Waals surface area contributed by atoms with Crippen molar-refractivity contribution in [3.8, 4) is 11.4 Å². The molecule has 4 rings (SSSR count). The van der Waals surface area contributed by atoms with Gasteiger partial charge in [-0.15, -0.1) is 0 Å². The molecular weight excluding hydrogens is 458 g/mol. The Bertz CT molecular complexity index is 1120. The number of benzene rings is 2. The highest BCUT2D eigenvalue weighted by atomic mass is 79.9. The van der Waals surface area contributed by atoms with Crippen LogP contribution in [0.2, 0.25) is 5.02 Å². The number of aromatic nitrogens is 2. The number of amides is 1. The zero-order valence-corrected chi connectivity index (χ0v) is 17.4. The topological polar surface area (TPSA) is 69.3 Å². The molecule has 6 nitrogen and oxygen atoms in total. The van der Waals surface area contributed by atoms with Gasteiger partial charge in [-0.1, -0.05) is 27.5 Å². The van der Waals surface area contributed by atoms with Crippen LogP contribution in [0, 0.1) is 0 Å². The molecule has 0 saturated carbocycles. The lowest BCUT2D eigenvalue weighted by Crippen LogP contribution is -2.10. The van der Waals surface area contributed by atoms with Crippen LogP contribution in [-0.2, 0) is 6.61 Å². The smallest absolute Gasteiger partial charge is 0.291 e. The molecule has 4 aromatic rings. The van der Waals surface area contributed by atoms with E-state index in [0.717, 1.165) is 10.2 Å². The zero-order valence-electron chi connectivity index (χ0n) is 15.0. The SMILES string of the molecule is O=C(Nc1cnn(-c2ccc(Cl)cc2)c1)c1ccc(COc2ccc(Br)cc2)o1. The number of carbonyl (C=O) groups is 1. The third-order valence-corrected chi connectivity index (χ3v) is 4.79. The minimum Gasteiger partial charge on any atom is -0.486 e. The van der Waals surface area contributed by atoms with Gasteiger partial charge in [0.05, 0.1) is 23.8 Å². The van der Waals surface area contributed by atoms with Crippen molar-refractivity contribution in [2.24, 2.45) is 0 Å². The van der Waals surface area contributed by atoms with Crippen molar-refractivity contribution in [2.75, 3.05) is 5.32 Å². The monoisotopic (exact) mass is 471 g/mol. The molecule has 29 heavy (non-hydrogen) atoms. The predicted molar refractivity (Wildman–Crippen MR) is 114 cm³/mol. The van der Waals surface area contributed by atoms with Crippen molar-refractivity contribution < 1.29 is 13.9 Å². The lowest BCUT2D eigenvalue weighted by atomic mass is 10.3. The first-order valence-electron chi connectivity index (χ1n) is 8.66. The maximum atomic E-state index is 12.4. The Balaban J connectivity index is 1.36. The minimum absolute atomic E-state index is 0.193. The molecule has 0 unspecified atom stereocenters. The molecule has 1 N–H and O–H groups in total. The molecule has 2 heterocycles. The molecule has 0 saturated heterocycles. The van der Waals surface area contributed by atoms with Crippen LogP contribution in [0.4, 0.5) is 5.69 Å². The van der Waals surface area contributed by atoms with Gasteiger partial charge >= 0.3 is 0 Å². The molecule has 0 atom stereocenters. The Morgan fingerprint density at radius 1 is 1.10 bits per heavy atom. The van der Waals surface area contributed by atoms with Gasteiger partial charge in [0.2, 0.25) is 0 Å². The summed E-state index contributed by atoms with van der Waals surface area (Å²) in [6.45, 7) is 0.226. The molecule has 0 fully saturated rings. The average molecular weight is 473 g/mol. The Kier molecular flexibility index (Phi) is 5.69. The molecule has 0 bridgehead atoms. The summed E-state index contributed by atoms with van der Waals surface area (Å²) >= 11 is 9.27. The summed E-state index contributed by atoms with van der Waals surface area (Å²) in [4.78, 5) is 12.4. The highest BCUT2D eigenvalue weighted by molar-refractivity contribution is 9.10. The third-order valence-electron chi connectivity index (χ3n) is 4.01. The molecule has 0 aliphatic heterocycles. The first-order valence-corrected chi connectivity index (χ1v) is 9.83. The summed E-state index contributed by atoms with van der Waals surface area (Å²) in [6.07, 6.45) is 3.27. The number of furan rings is 1. The number of rotatable bonds is 6. The molecule has 8 heteroatoms. The lowest BCUT2D eigenvalue weighted by Gasteiger charge is -2.04. The normalized spacial score (nSPS) is 10.7. The molecule has 1 amide bonds. The molecular formula is C21H15BrClN3O3. The highest BCUT2D eigenvalue weighted by Crippen LogP contribution is 2.19. The third kappa shape index (κ3) is 4.88. The lowest BCUT2D eigenvalue weighted by molar-refractivity contribution is 0.0992. The second-order valence-corrected chi connectivity index (χ2v) is 7.46. The molecule has 0 aliphatic carbocycles. The fourth-order valence-corrected chi connectivity index (χ4v) is 2.97. The van der Waals surface area contributed by atoms with E-state index in [2.05, 4.69) is 26.3 Å². The highest BCUT2D eigenvalue weighted by Gasteiger charge is 2.13. The van der Waals surface area contributed by atoms with Crippen molar-refractivity contribution in [3.63, 3.8) is 0 Å². The summed E-state index contributed by atoms with van der Waals surface area (Å²) in [7, 11) is 0. The molecule has 2 aromatic carbocycles. The van der Waals surface area contributed by atoms with E-state index in [0.29, 0.717) is 22.2 Å². The van der Waals surface area contributed by atoms with E-state index in [1.165, 1.54) is 0 Å². The minimum atomic E-state index is -0.365. The van der Waals surface area contributed by atoms with Gasteiger partial charge in [0.1, 0.15) is 18.1 Å². The summed E-state index contributed by atoms with van der Waals surface area (Å²) in [5.74, 6) is 1.09. The van der Waals surface area contributed by atoms with E-state index in [9.17, 15) is 4.79 Å². The van der Waals surface area contributed by atoms with Crippen LogP contribution in [0.1, 0.15) is 16.3 Å². The second kappa shape index (κ2) is 8.55. The second-order valence-electron chi connectivity index (χ2n) is 6.11. The van der Waals surface area contributed by atoms with Crippen LogP contribution in [-0.4, -0.2) is 15.7 Å². The first-order chi connectivity index (χ1) is 14.1. The Morgan fingerprint density at radius 3 is 2.62 bits per heavy atom. The molecule has 146 valence electrons. The predicted octanol–water partition coefficient (Wildman–Crippen LogP) is 5.71. The van der Waals surface area contributed by atoms with Crippen molar-refractivity contribution in [2.45, 2.75) is 6.61 Å². The van der Waals surface area contributed by atoms with Crippen LogP contribution < -0.4 is 10.1 Å². The maximum absolute atomic E-state index is 12.4. The molecule has 2 aromatic heterocycles. The first kappa shape index (κ1) is 19.3. The number of nitrogens with one attached hydrogen (secondary N) is 1. The maximum Gasteiger partial charge on any atom is 0.291 e. The molecule has 0 radical (unpaired) electrons. The van der Waals surface area contributed by atoms with Gasteiger partial charge in [-0.25, -0.2) is 4.68 Å². The largest absolute Gasteiger partial charge is 0.486 e. The zero-order chi connectivity index (χ0) is 20.2. The van der Waals surface area contributed by atoms with Gasteiger partial charge in [-0.3, -0.25) is 4.79 Å². The Morgan fingerprint density at radius 2 is 1.86 bits per heavy atom. The van der Waals surface area contributed by atoms with Gasteiger partial charge in [-0.2, -0.15) is 5.10 Å². The summed E-state index contributed by atoms with van der Waals surface area (Å²) in [5.41, 5.74) is 1.38. The molecule has 0 spiro atoms. The standard InChI is InChI=1S/C21H15BrClN3O3/c22-14-1-7-18(8-2-14)28-13-19-9-10-20(29-19)21(27)25-16-11-24-26(12-16)17-5-3-15(23)4-6-17/h1-12H,13H2,(H,25,27). The average Bonchev–Trinajstić information content (AvgIpc) is 3.38. The Hall–Kier alpha value is -3.03. The van der Waals surface area contributed by atoms with Crippen LogP contribution >= 0.6 is 27.5 Å².